The van der Waals surface area contributed by atoms with E-state index in [0.29, 0.717) is 11.2 Å². The number of anilines is 1. The molecule has 0 bridgehead atoms. The standard InChI is InChI=1S/C23H23N5OS2/c1-14(17-4-6-21-20(11-17)25-13-30-21)28-9-7-16-3-5-19(27-18(16)8-10-28)22-12-24-23(31-22)26-15(2)29/h3-6,11-14H,7-10H2,1-2H3,(H,24,26,29)/t14-/m0/s1. The van der Waals surface area contributed by atoms with Gasteiger partial charge in [-0.3, -0.25) is 14.7 Å². The summed E-state index contributed by atoms with van der Waals surface area (Å²) >= 11 is 3.14. The van der Waals surface area contributed by atoms with Crippen molar-refractivity contribution < 1.29 is 4.79 Å². The third kappa shape index (κ3) is 4.23. The lowest BCUT2D eigenvalue weighted by Gasteiger charge is -2.27. The summed E-state index contributed by atoms with van der Waals surface area (Å²) in [5.74, 6) is -0.112. The molecule has 0 aliphatic carbocycles. The Bertz CT molecular complexity index is 1250. The van der Waals surface area contributed by atoms with Gasteiger partial charge in [0, 0.05) is 44.4 Å². The van der Waals surface area contributed by atoms with Crippen molar-refractivity contribution in [2.75, 3.05) is 18.4 Å². The second kappa shape index (κ2) is 8.45. The number of hydrogen-bond donors (Lipinski definition) is 1. The van der Waals surface area contributed by atoms with Crippen LogP contribution in [0, 0.1) is 0 Å². The number of nitrogens with zero attached hydrogens (tertiary/aromatic N) is 4. The first-order valence-electron chi connectivity index (χ1n) is 10.4. The van der Waals surface area contributed by atoms with Crippen LogP contribution in [-0.2, 0) is 17.6 Å². The van der Waals surface area contributed by atoms with E-state index in [4.69, 9.17) is 4.98 Å². The average Bonchev–Trinajstić information content (AvgIpc) is 3.37. The first-order valence-corrected chi connectivity index (χ1v) is 12.1. The number of carbonyl (C=O) groups excluding carboxylic acids is 1. The minimum atomic E-state index is -0.112. The molecule has 0 spiro atoms. The van der Waals surface area contributed by atoms with Gasteiger partial charge in [0.15, 0.2) is 5.13 Å². The highest BCUT2D eigenvalue weighted by Gasteiger charge is 2.21. The van der Waals surface area contributed by atoms with Crippen LogP contribution in [0.2, 0.25) is 0 Å². The lowest BCUT2D eigenvalue weighted by Crippen LogP contribution is -2.29. The molecule has 158 valence electrons. The predicted octanol–water partition coefficient (Wildman–Crippen LogP) is 4.94. The maximum atomic E-state index is 11.3. The van der Waals surface area contributed by atoms with Crippen molar-refractivity contribution in [3.05, 3.63) is 58.9 Å². The SMILES string of the molecule is CC(=O)Nc1ncc(-c2ccc3c(n2)CCN([C@@H](C)c2ccc4scnc4c2)CC3)s1. The number of nitrogens with one attached hydrogen (secondary N) is 1. The Labute approximate surface area is 189 Å². The van der Waals surface area contributed by atoms with Gasteiger partial charge in [-0.1, -0.05) is 23.5 Å². The molecule has 4 heterocycles. The van der Waals surface area contributed by atoms with Crippen LogP contribution in [0.15, 0.2) is 42.0 Å². The molecule has 1 atom stereocenters. The van der Waals surface area contributed by atoms with Gasteiger partial charge in [0.25, 0.3) is 0 Å². The van der Waals surface area contributed by atoms with E-state index >= 15 is 0 Å². The van der Waals surface area contributed by atoms with Crippen LogP contribution in [0.5, 0.6) is 0 Å². The van der Waals surface area contributed by atoms with Crippen molar-refractivity contribution in [3.63, 3.8) is 0 Å². The molecule has 1 aliphatic rings. The number of rotatable bonds is 4. The first-order chi connectivity index (χ1) is 15.1. The average molecular weight is 450 g/mol. The van der Waals surface area contributed by atoms with Crippen LogP contribution in [-0.4, -0.2) is 38.8 Å². The van der Waals surface area contributed by atoms with E-state index in [1.165, 1.54) is 34.1 Å². The highest BCUT2D eigenvalue weighted by molar-refractivity contribution is 7.19. The molecule has 3 aromatic heterocycles. The number of fused-ring (bicyclic) bond motifs is 2. The number of benzene rings is 1. The minimum absolute atomic E-state index is 0.112. The van der Waals surface area contributed by atoms with E-state index in [2.05, 4.69) is 57.4 Å². The van der Waals surface area contributed by atoms with E-state index in [-0.39, 0.29) is 5.91 Å². The molecule has 0 saturated carbocycles. The molecular weight excluding hydrogens is 426 g/mol. The maximum Gasteiger partial charge on any atom is 0.223 e. The monoisotopic (exact) mass is 449 g/mol. The number of hydrogen-bond acceptors (Lipinski definition) is 7. The molecule has 0 fully saturated rings. The summed E-state index contributed by atoms with van der Waals surface area (Å²) in [4.78, 5) is 28.5. The molecule has 1 amide bonds. The number of carbonyl (C=O) groups is 1. The first kappa shape index (κ1) is 20.2. The fraction of sp³-hybridized carbons (Fsp3) is 0.304. The summed E-state index contributed by atoms with van der Waals surface area (Å²) in [6.45, 7) is 5.75. The van der Waals surface area contributed by atoms with Crippen molar-refractivity contribution in [1.29, 1.82) is 0 Å². The van der Waals surface area contributed by atoms with Gasteiger partial charge >= 0.3 is 0 Å². The normalized spacial score (nSPS) is 15.4. The van der Waals surface area contributed by atoms with Crippen molar-refractivity contribution in [1.82, 2.24) is 19.9 Å². The second-order valence-corrected chi connectivity index (χ2v) is 9.72. The lowest BCUT2D eigenvalue weighted by molar-refractivity contribution is -0.114. The summed E-state index contributed by atoms with van der Waals surface area (Å²) in [6.07, 6.45) is 3.69. The number of pyridine rings is 1. The molecule has 0 radical (unpaired) electrons. The van der Waals surface area contributed by atoms with Crippen molar-refractivity contribution in [2.24, 2.45) is 0 Å². The molecule has 8 heteroatoms. The molecule has 6 nitrogen and oxygen atoms in total. The molecular formula is C23H23N5OS2. The second-order valence-electron chi connectivity index (χ2n) is 7.80. The molecule has 1 N–H and O–H groups in total. The Morgan fingerprint density at radius 2 is 2.03 bits per heavy atom. The van der Waals surface area contributed by atoms with Crippen LogP contribution in [0.4, 0.5) is 5.13 Å². The van der Waals surface area contributed by atoms with Crippen LogP contribution in [0.25, 0.3) is 20.8 Å². The lowest BCUT2D eigenvalue weighted by atomic mass is 10.1. The van der Waals surface area contributed by atoms with Gasteiger partial charge in [0.2, 0.25) is 5.91 Å². The van der Waals surface area contributed by atoms with Crippen molar-refractivity contribution in [3.8, 4) is 10.6 Å². The highest BCUT2D eigenvalue weighted by atomic mass is 32.1. The third-order valence-corrected chi connectivity index (χ3v) is 7.54. The Kier molecular flexibility index (Phi) is 5.52. The van der Waals surface area contributed by atoms with Crippen LogP contribution in [0.3, 0.4) is 0 Å². The third-order valence-electron chi connectivity index (χ3n) is 5.80. The zero-order valence-electron chi connectivity index (χ0n) is 17.5. The summed E-state index contributed by atoms with van der Waals surface area (Å²) in [6, 6.07) is 11.2. The van der Waals surface area contributed by atoms with E-state index in [9.17, 15) is 4.79 Å². The van der Waals surface area contributed by atoms with E-state index in [0.717, 1.165) is 47.7 Å². The summed E-state index contributed by atoms with van der Waals surface area (Å²) in [7, 11) is 0. The van der Waals surface area contributed by atoms with E-state index in [1.807, 2.05) is 5.51 Å². The van der Waals surface area contributed by atoms with Crippen LogP contribution < -0.4 is 5.32 Å². The molecule has 31 heavy (non-hydrogen) atoms. The molecule has 0 saturated heterocycles. The topological polar surface area (TPSA) is 71.0 Å². The molecule has 1 aliphatic heterocycles. The Hall–Kier alpha value is -2.68. The Morgan fingerprint density at radius 3 is 2.90 bits per heavy atom. The maximum absolute atomic E-state index is 11.3. The van der Waals surface area contributed by atoms with Crippen molar-refractivity contribution in [2.45, 2.75) is 32.7 Å². The Balaban J connectivity index is 1.33. The summed E-state index contributed by atoms with van der Waals surface area (Å²) in [5, 5.41) is 3.35. The zero-order valence-corrected chi connectivity index (χ0v) is 19.1. The van der Waals surface area contributed by atoms with E-state index < -0.39 is 0 Å². The van der Waals surface area contributed by atoms with Crippen LogP contribution >= 0.6 is 22.7 Å². The van der Waals surface area contributed by atoms with Gasteiger partial charge < -0.3 is 5.32 Å². The van der Waals surface area contributed by atoms with Gasteiger partial charge in [-0.2, -0.15) is 0 Å². The smallest absolute Gasteiger partial charge is 0.223 e. The fourth-order valence-electron chi connectivity index (χ4n) is 4.07. The highest BCUT2D eigenvalue weighted by Crippen LogP contribution is 2.31. The predicted molar refractivity (Wildman–Crippen MR) is 127 cm³/mol. The van der Waals surface area contributed by atoms with E-state index in [1.54, 1.807) is 17.5 Å². The largest absolute Gasteiger partial charge is 0.302 e. The summed E-state index contributed by atoms with van der Waals surface area (Å²) < 4.78 is 1.24. The van der Waals surface area contributed by atoms with Crippen molar-refractivity contribution >= 4 is 43.9 Å². The summed E-state index contributed by atoms with van der Waals surface area (Å²) in [5.41, 5.74) is 7.71. The van der Waals surface area contributed by atoms with Gasteiger partial charge in [0.1, 0.15) is 0 Å². The quantitative estimate of drug-likeness (QED) is 0.478. The van der Waals surface area contributed by atoms with Gasteiger partial charge in [0.05, 0.1) is 26.3 Å². The number of aromatic nitrogens is 3. The van der Waals surface area contributed by atoms with Gasteiger partial charge in [-0.15, -0.1) is 11.3 Å². The Morgan fingerprint density at radius 1 is 1.16 bits per heavy atom. The van der Waals surface area contributed by atoms with Gasteiger partial charge in [-0.05, 0) is 42.7 Å². The zero-order chi connectivity index (χ0) is 21.4. The number of amides is 1. The fourth-order valence-corrected chi connectivity index (χ4v) is 5.56. The molecule has 0 unspecified atom stereocenters. The number of thiazole rings is 2. The molecule has 1 aromatic carbocycles. The molecule has 5 rings (SSSR count). The molecule has 4 aromatic rings. The van der Waals surface area contributed by atoms with Crippen LogP contribution in [0.1, 0.15) is 36.7 Å². The minimum Gasteiger partial charge on any atom is -0.302 e. The van der Waals surface area contributed by atoms with Gasteiger partial charge in [-0.25, -0.2) is 9.97 Å².